The normalized spacial score (nSPS) is 17.6. The van der Waals surface area contributed by atoms with Gasteiger partial charge < -0.3 is 14.8 Å². The maximum atomic E-state index is 14.2. The number of ether oxygens (including phenoxy) is 2. The molecule has 1 fully saturated rings. The van der Waals surface area contributed by atoms with Gasteiger partial charge >= 0.3 is 5.97 Å². The fraction of sp³-hybridized carbons (Fsp3) is 0.171. The Morgan fingerprint density at radius 2 is 1.43 bits per heavy atom. The van der Waals surface area contributed by atoms with Crippen LogP contribution in [0.4, 0.5) is 0 Å². The van der Waals surface area contributed by atoms with Crippen LogP contribution in [0.5, 0.6) is 5.75 Å². The number of rotatable bonds is 10. The number of fused-ring (bicyclic) bond motifs is 1. The first-order valence-electron chi connectivity index (χ1n) is 14.5. The highest BCUT2D eigenvalue weighted by atomic mass is 32.2. The molecule has 2 atom stereocenters. The molecular formula is C35H30N2O7S2. The van der Waals surface area contributed by atoms with Gasteiger partial charge in [-0.2, -0.15) is 0 Å². The van der Waals surface area contributed by atoms with E-state index in [1.165, 1.54) is 12.1 Å². The lowest BCUT2D eigenvalue weighted by atomic mass is 10.0. The van der Waals surface area contributed by atoms with Crippen molar-refractivity contribution in [1.82, 2.24) is 10.2 Å². The molecule has 2 aliphatic heterocycles. The molecule has 11 heteroatoms. The van der Waals surface area contributed by atoms with Crippen LogP contribution in [0.15, 0.2) is 131 Å². The molecule has 0 aromatic heterocycles. The second-order valence-corrected chi connectivity index (χ2v) is 13.8. The third-order valence-electron chi connectivity index (χ3n) is 7.64. The van der Waals surface area contributed by atoms with E-state index in [-0.39, 0.29) is 27.9 Å². The van der Waals surface area contributed by atoms with Crippen LogP contribution in [0.25, 0.3) is 0 Å². The third-order valence-corrected chi connectivity index (χ3v) is 11.0. The van der Waals surface area contributed by atoms with E-state index in [1.54, 1.807) is 60.7 Å². The molecule has 4 aromatic carbocycles. The number of hydrogen-bond acceptors (Lipinski definition) is 8. The maximum absolute atomic E-state index is 14.2. The summed E-state index contributed by atoms with van der Waals surface area (Å²) in [7, 11) is -4.21. The minimum atomic E-state index is -4.21. The van der Waals surface area contributed by atoms with E-state index in [0.717, 1.165) is 22.2 Å². The summed E-state index contributed by atoms with van der Waals surface area (Å²) in [6.45, 7) is 1.52. The van der Waals surface area contributed by atoms with Gasteiger partial charge in [0.05, 0.1) is 9.80 Å². The molecule has 0 saturated carbocycles. The highest BCUT2D eigenvalue weighted by Gasteiger charge is 2.56. The largest absolute Gasteiger partial charge is 0.484 e. The average Bonchev–Trinajstić information content (AvgIpc) is 3.09. The molecule has 9 nitrogen and oxygen atoms in total. The molecule has 0 radical (unpaired) electrons. The fourth-order valence-corrected chi connectivity index (χ4v) is 8.51. The van der Waals surface area contributed by atoms with Crippen molar-refractivity contribution in [2.75, 3.05) is 12.4 Å². The molecule has 0 bridgehead atoms. The average molecular weight is 655 g/mol. The van der Waals surface area contributed by atoms with E-state index in [2.05, 4.69) is 5.32 Å². The summed E-state index contributed by atoms with van der Waals surface area (Å²) >= 11 is 1.15. The fourth-order valence-electron chi connectivity index (χ4n) is 5.27. The van der Waals surface area contributed by atoms with Gasteiger partial charge in [0, 0.05) is 5.75 Å². The van der Waals surface area contributed by atoms with Gasteiger partial charge in [-0.1, -0.05) is 96.6 Å². The molecule has 6 rings (SSSR count). The molecule has 0 spiro atoms. The van der Waals surface area contributed by atoms with E-state index in [1.807, 2.05) is 49.4 Å². The summed E-state index contributed by atoms with van der Waals surface area (Å²) in [5.74, 6) is -1.72. The Bertz CT molecular complexity index is 1840. The lowest BCUT2D eigenvalue weighted by Crippen LogP contribution is -2.71. The lowest BCUT2D eigenvalue weighted by molar-refractivity contribution is -0.154. The monoisotopic (exact) mass is 654 g/mol. The van der Waals surface area contributed by atoms with Gasteiger partial charge in [0.25, 0.3) is 11.8 Å². The van der Waals surface area contributed by atoms with Crippen LogP contribution in [-0.2, 0) is 29.0 Å². The van der Waals surface area contributed by atoms with Crippen LogP contribution in [-0.4, -0.2) is 54.9 Å². The Kier molecular flexibility index (Phi) is 8.96. The summed E-state index contributed by atoms with van der Waals surface area (Å²) in [4.78, 5) is 41.4. The molecule has 1 saturated heterocycles. The van der Waals surface area contributed by atoms with Crippen LogP contribution in [0.2, 0.25) is 0 Å². The minimum absolute atomic E-state index is 0.00370. The molecule has 0 aliphatic carbocycles. The zero-order valence-electron chi connectivity index (χ0n) is 24.7. The van der Waals surface area contributed by atoms with Crippen molar-refractivity contribution < 1.29 is 32.3 Å². The van der Waals surface area contributed by atoms with Crippen LogP contribution in [0, 0.1) is 6.92 Å². The number of benzene rings is 4. The number of para-hydroxylation sites is 1. The highest BCUT2D eigenvalue weighted by Crippen LogP contribution is 2.44. The predicted molar refractivity (Wildman–Crippen MR) is 173 cm³/mol. The summed E-state index contributed by atoms with van der Waals surface area (Å²) in [6.07, 6.45) is -0.874. The third kappa shape index (κ3) is 6.29. The summed E-state index contributed by atoms with van der Waals surface area (Å²) in [5.41, 5.74) is 1.86. The van der Waals surface area contributed by atoms with Crippen LogP contribution >= 0.6 is 11.8 Å². The van der Waals surface area contributed by atoms with Crippen molar-refractivity contribution >= 4 is 39.4 Å². The van der Waals surface area contributed by atoms with Crippen molar-refractivity contribution in [2.45, 2.75) is 29.3 Å². The lowest BCUT2D eigenvalue weighted by Gasteiger charge is -2.49. The minimum Gasteiger partial charge on any atom is -0.484 e. The zero-order chi connectivity index (χ0) is 32.3. The second kappa shape index (κ2) is 13.2. The highest BCUT2D eigenvalue weighted by molar-refractivity contribution is 8.02. The summed E-state index contributed by atoms with van der Waals surface area (Å²) in [5, 5.41) is 1.96. The van der Waals surface area contributed by atoms with Crippen LogP contribution in [0.3, 0.4) is 0 Å². The molecule has 1 N–H and O–H groups in total. The number of esters is 1. The van der Waals surface area contributed by atoms with Crippen molar-refractivity contribution in [3.8, 4) is 5.75 Å². The Labute approximate surface area is 271 Å². The van der Waals surface area contributed by atoms with Crippen molar-refractivity contribution in [1.29, 1.82) is 0 Å². The van der Waals surface area contributed by atoms with E-state index < -0.39 is 45.1 Å². The quantitative estimate of drug-likeness (QED) is 0.192. The van der Waals surface area contributed by atoms with Gasteiger partial charge in [0.1, 0.15) is 22.9 Å². The molecule has 2 aliphatic rings. The summed E-state index contributed by atoms with van der Waals surface area (Å²) in [6, 6.07) is 32.2. The first kappa shape index (κ1) is 31.1. The predicted octanol–water partition coefficient (Wildman–Crippen LogP) is 4.79. The number of nitrogens with one attached hydrogen (secondary N) is 1. The molecule has 2 amide bonds. The van der Waals surface area contributed by atoms with E-state index in [9.17, 15) is 22.8 Å². The molecule has 1 unspecified atom stereocenters. The Morgan fingerprint density at radius 1 is 0.870 bits per heavy atom. The number of carbonyl (C=O) groups excluding carboxylic acids is 3. The van der Waals surface area contributed by atoms with Crippen molar-refractivity contribution in [3.63, 3.8) is 0 Å². The topological polar surface area (TPSA) is 119 Å². The molecular weight excluding hydrogens is 625 g/mol. The van der Waals surface area contributed by atoms with Gasteiger partial charge in [-0.15, -0.1) is 11.8 Å². The Balaban J connectivity index is 1.32. The van der Waals surface area contributed by atoms with Crippen molar-refractivity contribution in [2.24, 2.45) is 0 Å². The summed E-state index contributed by atoms with van der Waals surface area (Å²) < 4.78 is 39.6. The van der Waals surface area contributed by atoms with Gasteiger partial charge in [-0.25, -0.2) is 13.2 Å². The molecule has 46 heavy (non-hydrogen) atoms. The Morgan fingerprint density at radius 3 is 2.02 bits per heavy atom. The number of carbonyl (C=O) groups is 3. The molecule has 234 valence electrons. The number of thioether (sulfide) groups is 1. The maximum Gasteiger partial charge on any atom is 0.357 e. The Hall–Kier alpha value is -4.87. The van der Waals surface area contributed by atoms with Crippen LogP contribution < -0.4 is 10.1 Å². The van der Waals surface area contributed by atoms with Crippen LogP contribution in [0.1, 0.15) is 22.8 Å². The zero-order valence-corrected chi connectivity index (χ0v) is 26.4. The number of nitrogens with zero attached hydrogens (tertiary/aromatic N) is 1. The van der Waals surface area contributed by atoms with E-state index >= 15 is 0 Å². The number of amides is 2. The van der Waals surface area contributed by atoms with Gasteiger partial charge in [-0.05, 0) is 42.3 Å². The number of hydrogen-bond donors (Lipinski definition) is 1. The van der Waals surface area contributed by atoms with Gasteiger partial charge in [0.15, 0.2) is 12.7 Å². The first-order chi connectivity index (χ1) is 22.2. The number of β-lactam (4-membered cyclic amide) rings is 1. The molecule has 2 heterocycles. The standard InChI is InChI=1S/C35H30N2O7S2/c1-23-17-19-27(20-18-23)46(41,42)28-22-45-34-30(36-29(38)21-43-26-15-9-4-10-16-26)33(39)37(34)31(28)35(40)44-32(24-11-5-2-6-12-24)25-13-7-3-8-14-25/h2-20,30,32,34H,21-22H2,1H3,(H,36,38)/t30?,34-/m0/s1. The van der Waals surface area contributed by atoms with E-state index in [4.69, 9.17) is 9.47 Å². The van der Waals surface area contributed by atoms with Crippen molar-refractivity contribution in [3.05, 3.63) is 143 Å². The number of sulfone groups is 1. The smallest absolute Gasteiger partial charge is 0.357 e. The van der Waals surface area contributed by atoms with Gasteiger partial charge in [-0.3, -0.25) is 14.5 Å². The first-order valence-corrected chi connectivity index (χ1v) is 17.0. The SMILES string of the molecule is Cc1ccc(S(=O)(=O)C2=C(C(=O)OC(c3ccccc3)c3ccccc3)N3C(=O)C(NC(=O)COc4ccccc4)[C@@H]3SC2)cc1. The number of aryl methyl sites for hydroxylation is 1. The second-order valence-electron chi connectivity index (χ2n) is 10.8. The van der Waals surface area contributed by atoms with Gasteiger partial charge in [0.2, 0.25) is 9.84 Å². The molecule has 4 aromatic rings. The van der Waals surface area contributed by atoms with E-state index in [0.29, 0.717) is 16.9 Å².